The van der Waals surface area contributed by atoms with Crippen molar-refractivity contribution in [1.29, 1.82) is 0 Å². The Morgan fingerprint density at radius 1 is 1.50 bits per heavy atom. The lowest BCUT2D eigenvalue weighted by Gasteiger charge is -1.93. The number of nitrogens with zero attached hydrogens (tertiary/aromatic N) is 2. The Labute approximate surface area is 96.0 Å². The second-order valence-corrected chi connectivity index (χ2v) is 3.36. The lowest BCUT2D eigenvalue weighted by atomic mass is 10.2. The molecule has 16 heavy (non-hydrogen) atoms. The van der Waals surface area contributed by atoms with Crippen molar-refractivity contribution in [2.45, 2.75) is 0 Å². The molecular formula is C10H7ClN2O3. The molecule has 0 aliphatic rings. The molecular weight excluding hydrogens is 232 g/mol. The van der Waals surface area contributed by atoms with Gasteiger partial charge in [-0.15, -0.1) is 0 Å². The molecule has 2 rings (SSSR count). The van der Waals surface area contributed by atoms with Gasteiger partial charge >= 0.3 is 11.9 Å². The van der Waals surface area contributed by atoms with E-state index in [9.17, 15) is 4.79 Å². The van der Waals surface area contributed by atoms with Gasteiger partial charge in [0.15, 0.2) is 0 Å². The van der Waals surface area contributed by atoms with Gasteiger partial charge in [-0.05, 0) is 12.1 Å². The van der Waals surface area contributed by atoms with E-state index in [4.69, 9.17) is 16.1 Å². The monoisotopic (exact) mass is 238 g/mol. The van der Waals surface area contributed by atoms with Crippen LogP contribution in [0, 0.1) is 0 Å². The Morgan fingerprint density at radius 2 is 2.31 bits per heavy atom. The summed E-state index contributed by atoms with van der Waals surface area (Å²) in [6.45, 7) is 0. The van der Waals surface area contributed by atoms with Crippen molar-refractivity contribution in [1.82, 2.24) is 10.1 Å². The second kappa shape index (κ2) is 4.32. The number of aromatic nitrogens is 2. The van der Waals surface area contributed by atoms with Gasteiger partial charge in [0.05, 0.1) is 7.11 Å². The molecule has 0 saturated carbocycles. The van der Waals surface area contributed by atoms with Crippen LogP contribution in [0.5, 0.6) is 0 Å². The number of hydrogen-bond acceptors (Lipinski definition) is 5. The summed E-state index contributed by atoms with van der Waals surface area (Å²) in [7, 11) is 1.24. The lowest BCUT2D eigenvalue weighted by molar-refractivity contribution is 0.0545. The van der Waals surface area contributed by atoms with Crippen LogP contribution in [0.2, 0.25) is 5.02 Å². The molecule has 0 unspecified atom stereocenters. The molecule has 6 heteroatoms. The summed E-state index contributed by atoms with van der Waals surface area (Å²) in [6, 6.07) is 6.92. The molecule has 0 saturated heterocycles. The van der Waals surface area contributed by atoms with E-state index in [0.717, 1.165) is 0 Å². The van der Waals surface area contributed by atoms with Crippen LogP contribution in [0.4, 0.5) is 0 Å². The maximum atomic E-state index is 11.1. The smallest absolute Gasteiger partial charge is 0.397 e. The number of carbonyl (C=O) groups excluding carboxylic acids is 1. The van der Waals surface area contributed by atoms with Crippen molar-refractivity contribution in [3.8, 4) is 11.4 Å². The minimum atomic E-state index is -0.666. The third kappa shape index (κ3) is 2.04. The highest BCUT2D eigenvalue weighted by atomic mass is 35.5. The van der Waals surface area contributed by atoms with Crippen LogP contribution in [0.15, 0.2) is 28.8 Å². The van der Waals surface area contributed by atoms with Crippen LogP contribution in [0.3, 0.4) is 0 Å². The zero-order valence-corrected chi connectivity index (χ0v) is 9.06. The van der Waals surface area contributed by atoms with Crippen LogP contribution in [-0.4, -0.2) is 23.2 Å². The predicted molar refractivity (Wildman–Crippen MR) is 56.1 cm³/mol. The molecule has 0 amide bonds. The summed E-state index contributed by atoms with van der Waals surface area (Å²) < 4.78 is 9.18. The van der Waals surface area contributed by atoms with Crippen LogP contribution in [0.1, 0.15) is 10.7 Å². The van der Waals surface area contributed by atoms with Gasteiger partial charge in [-0.3, -0.25) is 0 Å². The minimum Gasteiger partial charge on any atom is -0.462 e. The predicted octanol–water partition coefficient (Wildman–Crippen LogP) is 2.18. The van der Waals surface area contributed by atoms with Gasteiger partial charge in [0, 0.05) is 10.6 Å². The summed E-state index contributed by atoms with van der Waals surface area (Å²) in [6.07, 6.45) is 0. The molecule has 0 spiro atoms. The third-order valence-electron chi connectivity index (χ3n) is 1.87. The average Bonchev–Trinajstić information content (AvgIpc) is 2.77. The first-order valence-corrected chi connectivity index (χ1v) is 4.76. The Kier molecular flexibility index (Phi) is 2.87. The van der Waals surface area contributed by atoms with Crippen molar-refractivity contribution >= 4 is 17.6 Å². The molecule has 2 aromatic rings. The van der Waals surface area contributed by atoms with Crippen LogP contribution in [0.25, 0.3) is 11.4 Å². The van der Waals surface area contributed by atoms with Gasteiger partial charge in [0.1, 0.15) is 0 Å². The summed E-state index contributed by atoms with van der Waals surface area (Å²) >= 11 is 5.81. The molecule has 0 N–H and O–H groups in total. The van der Waals surface area contributed by atoms with Gasteiger partial charge in [-0.1, -0.05) is 28.9 Å². The van der Waals surface area contributed by atoms with Gasteiger partial charge < -0.3 is 9.26 Å². The molecule has 82 valence electrons. The molecule has 0 fully saturated rings. The first kappa shape index (κ1) is 10.6. The van der Waals surface area contributed by atoms with E-state index in [1.54, 1.807) is 24.3 Å². The van der Waals surface area contributed by atoms with Crippen LogP contribution >= 0.6 is 11.6 Å². The first-order chi connectivity index (χ1) is 7.70. The summed E-state index contributed by atoms with van der Waals surface area (Å²) in [5.41, 5.74) is 0.673. The standard InChI is InChI=1S/C10H7ClN2O3/c1-15-10(14)9-12-8(13-16-9)6-3-2-4-7(11)5-6/h2-5H,1H3. The Balaban J connectivity index is 2.35. The summed E-state index contributed by atoms with van der Waals surface area (Å²) in [5.74, 6) is -0.554. The molecule has 0 radical (unpaired) electrons. The lowest BCUT2D eigenvalue weighted by Crippen LogP contribution is -2.00. The van der Waals surface area contributed by atoms with Crippen molar-refractivity contribution in [2.24, 2.45) is 0 Å². The van der Waals surface area contributed by atoms with Crippen LogP contribution in [-0.2, 0) is 4.74 Å². The Morgan fingerprint density at radius 3 is 3.00 bits per heavy atom. The number of methoxy groups -OCH3 is 1. The highest BCUT2D eigenvalue weighted by molar-refractivity contribution is 6.30. The largest absolute Gasteiger partial charge is 0.462 e. The molecule has 5 nitrogen and oxygen atoms in total. The number of hydrogen-bond donors (Lipinski definition) is 0. The maximum absolute atomic E-state index is 11.1. The molecule has 1 aromatic carbocycles. The molecule has 1 aromatic heterocycles. The van der Waals surface area contributed by atoms with Gasteiger partial charge in [0.2, 0.25) is 5.82 Å². The average molecular weight is 239 g/mol. The SMILES string of the molecule is COC(=O)c1nc(-c2cccc(Cl)c2)no1. The molecule has 0 aliphatic heterocycles. The zero-order chi connectivity index (χ0) is 11.5. The molecule has 1 heterocycles. The van der Waals surface area contributed by atoms with Gasteiger partial charge in [-0.2, -0.15) is 4.98 Å². The highest BCUT2D eigenvalue weighted by Crippen LogP contribution is 2.19. The normalized spacial score (nSPS) is 10.1. The fraction of sp³-hybridized carbons (Fsp3) is 0.100. The van der Waals surface area contributed by atoms with E-state index in [0.29, 0.717) is 16.4 Å². The number of ether oxygens (including phenoxy) is 1. The first-order valence-electron chi connectivity index (χ1n) is 4.38. The summed E-state index contributed by atoms with van der Waals surface area (Å²) in [4.78, 5) is 15.0. The van der Waals surface area contributed by atoms with E-state index in [1.807, 2.05) is 0 Å². The zero-order valence-electron chi connectivity index (χ0n) is 8.31. The molecule has 0 aliphatic carbocycles. The van der Waals surface area contributed by atoms with Crippen molar-refractivity contribution in [3.05, 3.63) is 35.2 Å². The van der Waals surface area contributed by atoms with Gasteiger partial charge in [-0.25, -0.2) is 4.79 Å². The topological polar surface area (TPSA) is 65.2 Å². The number of carbonyl (C=O) groups is 1. The van der Waals surface area contributed by atoms with Crippen molar-refractivity contribution < 1.29 is 14.1 Å². The fourth-order valence-corrected chi connectivity index (χ4v) is 1.33. The van der Waals surface area contributed by atoms with E-state index in [1.165, 1.54) is 7.11 Å². The Hall–Kier alpha value is -1.88. The molecule has 0 bridgehead atoms. The fourth-order valence-electron chi connectivity index (χ4n) is 1.14. The highest BCUT2D eigenvalue weighted by Gasteiger charge is 2.16. The third-order valence-corrected chi connectivity index (χ3v) is 2.10. The number of esters is 1. The Bertz CT molecular complexity index is 524. The van der Waals surface area contributed by atoms with Crippen molar-refractivity contribution in [2.75, 3.05) is 7.11 Å². The van der Waals surface area contributed by atoms with E-state index in [2.05, 4.69) is 14.9 Å². The molecule has 0 atom stereocenters. The second-order valence-electron chi connectivity index (χ2n) is 2.93. The summed E-state index contributed by atoms with van der Waals surface area (Å²) in [5, 5.41) is 4.21. The van der Waals surface area contributed by atoms with Gasteiger partial charge in [0.25, 0.3) is 0 Å². The number of benzene rings is 1. The van der Waals surface area contributed by atoms with Crippen LogP contribution < -0.4 is 0 Å². The van der Waals surface area contributed by atoms with E-state index < -0.39 is 5.97 Å². The quantitative estimate of drug-likeness (QED) is 0.751. The maximum Gasteiger partial charge on any atom is 0.397 e. The minimum absolute atomic E-state index is 0.183. The number of halogens is 1. The van der Waals surface area contributed by atoms with E-state index in [-0.39, 0.29) is 5.89 Å². The van der Waals surface area contributed by atoms with Crippen molar-refractivity contribution in [3.63, 3.8) is 0 Å². The van der Waals surface area contributed by atoms with E-state index >= 15 is 0 Å². The number of rotatable bonds is 2.